The summed E-state index contributed by atoms with van der Waals surface area (Å²) < 4.78 is 0.579. The summed E-state index contributed by atoms with van der Waals surface area (Å²) in [4.78, 5) is 18.3. The van der Waals surface area contributed by atoms with Crippen molar-refractivity contribution in [2.24, 2.45) is 5.92 Å². The number of amides is 1. The Kier molecular flexibility index (Phi) is 5.75. The van der Waals surface area contributed by atoms with E-state index in [-0.39, 0.29) is 11.9 Å². The van der Waals surface area contributed by atoms with Crippen LogP contribution in [0.4, 0.5) is 0 Å². The molecule has 1 N–H and O–H groups in total. The van der Waals surface area contributed by atoms with Crippen LogP contribution in [0.2, 0.25) is 0 Å². The van der Waals surface area contributed by atoms with Crippen LogP contribution in [0.25, 0.3) is 0 Å². The molecule has 1 rings (SSSR count). The van der Waals surface area contributed by atoms with Gasteiger partial charge < -0.3 is 10.2 Å². The second kappa shape index (κ2) is 6.85. The Balaban J connectivity index is 2.76. The number of aromatic nitrogens is 1. The van der Waals surface area contributed by atoms with Crippen molar-refractivity contribution in [3.05, 3.63) is 28.5 Å². The highest BCUT2D eigenvalue weighted by Crippen LogP contribution is 2.13. The second-order valence-corrected chi connectivity index (χ2v) is 5.68. The van der Waals surface area contributed by atoms with Crippen LogP contribution in [-0.4, -0.2) is 42.5 Å². The molecule has 100 valence electrons. The van der Waals surface area contributed by atoms with Crippen LogP contribution in [0.5, 0.6) is 0 Å². The number of carbonyl (C=O) groups excluding carboxylic acids is 1. The van der Waals surface area contributed by atoms with Gasteiger partial charge in [0.05, 0.1) is 5.56 Å². The van der Waals surface area contributed by atoms with Gasteiger partial charge in [0.25, 0.3) is 5.91 Å². The Labute approximate surface area is 117 Å². The van der Waals surface area contributed by atoms with E-state index in [0.717, 1.165) is 6.54 Å². The van der Waals surface area contributed by atoms with Gasteiger partial charge in [-0.3, -0.25) is 4.79 Å². The van der Waals surface area contributed by atoms with Crippen molar-refractivity contribution in [3.63, 3.8) is 0 Å². The summed E-state index contributed by atoms with van der Waals surface area (Å²) in [5, 5.41) is 3.05. The molecule has 0 aromatic carbocycles. The Morgan fingerprint density at radius 3 is 2.67 bits per heavy atom. The van der Waals surface area contributed by atoms with Gasteiger partial charge in [0.15, 0.2) is 0 Å². The molecule has 0 aliphatic rings. The van der Waals surface area contributed by atoms with Gasteiger partial charge in [-0.1, -0.05) is 13.8 Å². The van der Waals surface area contributed by atoms with Crippen LogP contribution in [0.3, 0.4) is 0 Å². The average molecular weight is 314 g/mol. The largest absolute Gasteiger partial charge is 0.348 e. The summed E-state index contributed by atoms with van der Waals surface area (Å²) in [5.41, 5.74) is 0.571. The van der Waals surface area contributed by atoms with E-state index in [1.54, 1.807) is 18.3 Å². The lowest BCUT2D eigenvalue weighted by atomic mass is 10.0. The van der Waals surface area contributed by atoms with E-state index in [0.29, 0.717) is 16.1 Å². The Morgan fingerprint density at radius 1 is 1.50 bits per heavy atom. The normalized spacial score (nSPS) is 12.8. The van der Waals surface area contributed by atoms with E-state index in [1.807, 2.05) is 14.1 Å². The molecule has 0 aliphatic heterocycles. The fraction of sp³-hybridized carbons (Fsp3) is 0.538. The number of hydrogen-bond donors (Lipinski definition) is 1. The van der Waals surface area contributed by atoms with E-state index in [1.165, 1.54) is 0 Å². The third-order valence-electron chi connectivity index (χ3n) is 2.69. The van der Waals surface area contributed by atoms with Crippen LogP contribution in [-0.2, 0) is 0 Å². The molecule has 1 atom stereocenters. The highest BCUT2D eigenvalue weighted by Gasteiger charge is 2.19. The number of pyridine rings is 1. The van der Waals surface area contributed by atoms with Crippen molar-refractivity contribution in [3.8, 4) is 0 Å². The Morgan fingerprint density at radius 2 is 2.17 bits per heavy atom. The summed E-state index contributed by atoms with van der Waals surface area (Å²) in [5.74, 6) is 0.294. The highest BCUT2D eigenvalue weighted by molar-refractivity contribution is 9.10. The maximum atomic E-state index is 12.2. The van der Waals surface area contributed by atoms with E-state index in [2.05, 4.69) is 45.0 Å². The fourth-order valence-corrected chi connectivity index (χ4v) is 2.05. The van der Waals surface area contributed by atoms with Crippen molar-refractivity contribution in [2.75, 3.05) is 20.6 Å². The lowest BCUT2D eigenvalue weighted by Gasteiger charge is -2.25. The highest BCUT2D eigenvalue weighted by atomic mass is 79.9. The van der Waals surface area contributed by atoms with E-state index >= 15 is 0 Å². The second-order valence-electron chi connectivity index (χ2n) is 4.93. The predicted molar refractivity (Wildman–Crippen MR) is 76.6 cm³/mol. The number of hydrogen-bond acceptors (Lipinski definition) is 3. The van der Waals surface area contributed by atoms with Gasteiger partial charge in [0.2, 0.25) is 0 Å². The van der Waals surface area contributed by atoms with E-state index in [4.69, 9.17) is 0 Å². The molecular formula is C13H20BrN3O. The third kappa shape index (κ3) is 4.38. The lowest BCUT2D eigenvalue weighted by Crippen LogP contribution is -2.45. The maximum absolute atomic E-state index is 12.2. The number of carbonyl (C=O) groups is 1. The number of halogens is 1. The zero-order valence-electron chi connectivity index (χ0n) is 11.3. The molecule has 18 heavy (non-hydrogen) atoms. The zero-order valence-corrected chi connectivity index (χ0v) is 12.9. The lowest BCUT2D eigenvalue weighted by molar-refractivity contribution is 0.0915. The van der Waals surface area contributed by atoms with Crippen LogP contribution in [0.15, 0.2) is 22.9 Å². The first-order chi connectivity index (χ1) is 8.41. The molecule has 0 bridgehead atoms. The number of rotatable bonds is 5. The minimum Gasteiger partial charge on any atom is -0.348 e. The zero-order chi connectivity index (χ0) is 13.7. The summed E-state index contributed by atoms with van der Waals surface area (Å²) >= 11 is 3.29. The average Bonchev–Trinajstić information content (AvgIpc) is 2.27. The molecule has 1 aromatic heterocycles. The number of likely N-dealkylation sites (N-methyl/N-ethyl adjacent to an activating group) is 1. The van der Waals surface area contributed by atoms with Crippen molar-refractivity contribution >= 4 is 21.8 Å². The van der Waals surface area contributed by atoms with Crippen molar-refractivity contribution in [1.29, 1.82) is 0 Å². The molecule has 4 nitrogen and oxygen atoms in total. The first-order valence-corrected chi connectivity index (χ1v) is 6.77. The van der Waals surface area contributed by atoms with Gasteiger partial charge in [-0.15, -0.1) is 0 Å². The van der Waals surface area contributed by atoms with Crippen LogP contribution in [0.1, 0.15) is 24.2 Å². The van der Waals surface area contributed by atoms with Gasteiger partial charge in [0.1, 0.15) is 4.60 Å². The SMILES string of the molecule is CC(C)C(CN(C)C)NC(=O)c1cccnc1Br. The van der Waals surface area contributed by atoms with E-state index in [9.17, 15) is 4.79 Å². The van der Waals surface area contributed by atoms with Crippen molar-refractivity contribution < 1.29 is 4.79 Å². The Bertz CT molecular complexity index is 407. The van der Waals surface area contributed by atoms with Crippen LogP contribution >= 0.6 is 15.9 Å². The first-order valence-electron chi connectivity index (χ1n) is 5.98. The van der Waals surface area contributed by atoms with Gasteiger partial charge in [-0.05, 0) is 48.1 Å². The van der Waals surface area contributed by atoms with Gasteiger partial charge in [0, 0.05) is 18.8 Å². The number of nitrogens with zero attached hydrogens (tertiary/aromatic N) is 2. The monoisotopic (exact) mass is 313 g/mol. The number of nitrogens with one attached hydrogen (secondary N) is 1. The van der Waals surface area contributed by atoms with Crippen LogP contribution in [0, 0.1) is 5.92 Å². The topological polar surface area (TPSA) is 45.2 Å². The summed E-state index contributed by atoms with van der Waals surface area (Å²) in [7, 11) is 4.00. The molecule has 1 amide bonds. The van der Waals surface area contributed by atoms with E-state index < -0.39 is 0 Å². The fourth-order valence-electron chi connectivity index (χ4n) is 1.62. The van der Waals surface area contributed by atoms with Gasteiger partial charge in [-0.2, -0.15) is 0 Å². The third-order valence-corrected chi connectivity index (χ3v) is 3.32. The standard InChI is InChI=1S/C13H20BrN3O/c1-9(2)11(8-17(3)4)16-13(18)10-6-5-7-15-12(10)14/h5-7,9,11H,8H2,1-4H3,(H,16,18). The molecule has 0 radical (unpaired) electrons. The van der Waals surface area contributed by atoms with Gasteiger partial charge >= 0.3 is 0 Å². The molecule has 1 heterocycles. The summed E-state index contributed by atoms with van der Waals surface area (Å²) in [6, 6.07) is 3.65. The molecular weight excluding hydrogens is 294 g/mol. The molecule has 0 fully saturated rings. The quantitative estimate of drug-likeness (QED) is 0.847. The minimum absolute atomic E-state index is 0.0875. The van der Waals surface area contributed by atoms with Gasteiger partial charge in [-0.25, -0.2) is 4.98 Å². The summed E-state index contributed by atoms with van der Waals surface area (Å²) in [6.07, 6.45) is 1.65. The molecule has 0 spiro atoms. The van der Waals surface area contributed by atoms with Crippen molar-refractivity contribution in [2.45, 2.75) is 19.9 Å². The molecule has 0 saturated carbocycles. The summed E-state index contributed by atoms with van der Waals surface area (Å²) in [6.45, 7) is 5.03. The molecule has 1 unspecified atom stereocenters. The van der Waals surface area contributed by atoms with Crippen molar-refractivity contribution in [1.82, 2.24) is 15.2 Å². The molecule has 0 saturated heterocycles. The molecule has 0 aliphatic carbocycles. The predicted octanol–water partition coefficient (Wildman–Crippen LogP) is 2.16. The van der Waals surface area contributed by atoms with Crippen LogP contribution < -0.4 is 5.32 Å². The molecule has 1 aromatic rings. The maximum Gasteiger partial charge on any atom is 0.254 e. The Hall–Kier alpha value is -0.940. The first kappa shape index (κ1) is 15.1. The smallest absolute Gasteiger partial charge is 0.254 e. The molecule has 5 heteroatoms. The minimum atomic E-state index is -0.0875.